The molecule has 8 heteroatoms. The molecule has 5 unspecified atom stereocenters. The molecule has 0 radical (unpaired) electrons. The van der Waals surface area contributed by atoms with E-state index < -0.39 is 32.5 Å². The fraction of sp³-hybridized carbons (Fsp3) is 0.889. The summed E-state index contributed by atoms with van der Waals surface area (Å²) < 4.78 is 30.9. The molecule has 1 fully saturated rings. The molecule has 1 rings (SSSR count). The summed E-state index contributed by atoms with van der Waals surface area (Å²) in [6, 6.07) is -0.385. The van der Waals surface area contributed by atoms with Gasteiger partial charge in [-0.1, -0.05) is 0 Å². The Morgan fingerprint density at radius 3 is 2.53 bits per heavy atom. The van der Waals surface area contributed by atoms with Gasteiger partial charge in [0.15, 0.2) is 19.1 Å². The second kappa shape index (κ2) is 6.37. The maximum Gasteiger partial charge on any atom is 0.555 e. The Kier molecular flexibility index (Phi) is 5.42. The molecule has 0 aromatic heterocycles. The standard InChI is InChI=1S/C9H17NO6P/c1-13-6-4-5(10)9(14-2)15-7(6)8(11)16-17(3)12/h5-7,9H,4,10H2,1-3H3/q+1. The lowest BCUT2D eigenvalue weighted by Gasteiger charge is -2.36. The van der Waals surface area contributed by atoms with Gasteiger partial charge in [-0.15, -0.1) is 0 Å². The summed E-state index contributed by atoms with van der Waals surface area (Å²) >= 11 is 0. The topological polar surface area (TPSA) is 97.1 Å². The average molecular weight is 266 g/mol. The first-order chi connectivity index (χ1) is 7.99. The van der Waals surface area contributed by atoms with Gasteiger partial charge in [-0.2, -0.15) is 0 Å². The molecular weight excluding hydrogens is 249 g/mol. The highest BCUT2D eigenvalue weighted by Crippen LogP contribution is 2.26. The summed E-state index contributed by atoms with van der Waals surface area (Å²) in [5.74, 6) is -0.727. The number of methoxy groups -OCH3 is 2. The van der Waals surface area contributed by atoms with Crippen molar-refractivity contribution in [3.8, 4) is 0 Å². The highest BCUT2D eigenvalue weighted by Gasteiger charge is 2.43. The molecule has 0 amide bonds. The first-order valence-electron chi connectivity index (χ1n) is 5.09. The van der Waals surface area contributed by atoms with Gasteiger partial charge in [0.2, 0.25) is 0 Å². The van der Waals surface area contributed by atoms with Gasteiger partial charge in [0.25, 0.3) is 0 Å². The van der Waals surface area contributed by atoms with Crippen LogP contribution < -0.4 is 5.73 Å². The second-order valence-electron chi connectivity index (χ2n) is 3.68. The van der Waals surface area contributed by atoms with Gasteiger partial charge in [0.05, 0.1) is 12.1 Å². The average Bonchev–Trinajstić information content (AvgIpc) is 2.27. The number of carbonyl (C=O) groups excluding carboxylic acids is 1. The highest BCUT2D eigenvalue weighted by atomic mass is 31.1. The van der Waals surface area contributed by atoms with Gasteiger partial charge in [-0.25, -0.2) is 9.32 Å². The van der Waals surface area contributed by atoms with Crippen LogP contribution in [-0.4, -0.2) is 51.4 Å². The van der Waals surface area contributed by atoms with Crippen molar-refractivity contribution in [1.82, 2.24) is 0 Å². The lowest BCUT2D eigenvalue weighted by atomic mass is 10.0. The summed E-state index contributed by atoms with van der Waals surface area (Å²) in [7, 11) is 0.850. The van der Waals surface area contributed by atoms with Crippen molar-refractivity contribution in [2.45, 2.75) is 31.0 Å². The zero-order chi connectivity index (χ0) is 13.0. The third-order valence-corrected chi connectivity index (χ3v) is 2.90. The summed E-state index contributed by atoms with van der Waals surface area (Å²) in [6.07, 6.45) is -1.80. The Morgan fingerprint density at radius 2 is 2.06 bits per heavy atom. The zero-order valence-corrected chi connectivity index (χ0v) is 10.9. The van der Waals surface area contributed by atoms with Crippen LogP contribution in [0.2, 0.25) is 0 Å². The van der Waals surface area contributed by atoms with Crippen LogP contribution in [0.1, 0.15) is 6.42 Å². The summed E-state index contributed by atoms with van der Waals surface area (Å²) in [6.45, 7) is 1.29. The van der Waals surface area contributed by atoms with Crippen LogP contribution >= 0.6 is 8.03 Å². The predicted octanol–water partition coefficient (Wildman–Crippen LogP) is 0.00550. The van der Waals surface area contributed by atoms with Crippen LogP contribution in [0, 0.1) is 0 Å². The second-order valence-corrected chi connectivity index (χ2v) is 4.75. The molecule has 1 heterocycles. The number of carbonyl (C=O) groups is 1. The van der Waals surface area contributed by atoms with Crippen molar-refractivity contribution in [2.24, 2.45) is 5.73 Å². The van der Waals surface area contributed by atoms with Crippen molar-refractivity contribution in [2.75, 3.05) is 20.9 Å². The van der Waals surface area contributed by atoms with Crippen LogP contribution in [0.15, 0.2) is 0 Å². The van der Waals surface area contributed by atoms with Crippen LogP contribution in [0.25, 0.3) is 0 Å². The molecule has 0 aromatic carbocycles. The van der Waals surface area contributed by atoms with Gasteiger partial charge in [-0.3, -0.25) is 0 Å². The molecule has 2 N–H and O–H groups in total. The van der Waals surface area contributed by atoms with Crippen molar-refractivity contribution in [1.29, 1.82) is 0 Å². The molecule has 1 saturated heterocycles. The van der Waals surface area contributed by atoms with Crippen LogP contribution in [0.5, 0.6) is 0 Å². The van der Waals surface area contributed by atoms with Crippen molar-refractivity contribution < 1.29 is 28.1 Å². The lowest BCUT2D eigenvalue weighted by Crippen LogP contribution is -2.55. The van der Waals surface area contributed by atoms with E-state index in [2.05, 4.69) is 4.52 Å². The summed E-state index contributed by atoms with van der Waals surface area (Å²) in [4.78, 5) is 11.6. The SMILES string of the molecule is COC1CC(N)C(OC)OC1C(=O)O[P+](C)=O. The van der Waals surface area contributed by atoms with Crippen molar-refractivity contribution in [3.05, 3.63) is 0 Å². The Bertz CT molecular complexity index is 299. The minimum absolute atomic E-state index is 0.385. The monoisotopic (exact) mass is 266 g/mol. The number of ether oxygens (including phenoxy) is 3. The van der Waals surface area contributed by atoms with Crippen molar-refractivity contribution >= 4 is 14.0 Å². The van der Waals surface area contributed by atoms with E-state index in [0.29, 0.717) is 6.42 Å². The third-order valence-electron chi connectivity index (χ3n) is 2.46. The van der Waals surface area contributed by atoms with Crippen LogP contribution in [-0.2, 0) is 28.1 Å². The highest BCUT2D eigenvalue weighted by molar-refractivity contribution is 7.38. The first kappa shape index (κ1) is 14.5. The Balaban J connectivity index is 2.72. The number of hydrogen-bond acceptors (Lipinski definition) is 7. The predicted molar refractivity (Wildman–Crippen MR) is 58.7 cm³/mol. The van der Waals surface area contributed by atoms with E-state index in [1.165, 1.54) is 20.9 Å². The molecule has 1 aliphatic rings. The zero-order valence-electron chi connectivity index (χ0n) is 9.99. The van der Waals surface area contributed by atoms with Gasteiger partial charge in [0.1, 0.15) is 0 Å². The quantitative estimate of drug-likeness (QED) is 0.715. The van der Waals surface area contributed by atoms with E-state index in [-0.39, 0.29) is 6.04 Å². The lowest BCUT2D eigenvalue weighted by molar-refractivity contribution is -0.228. The molecule has 0 spiro atoms. The van der Waals surface area contributed by atoms with Crippen LogP contribution in [0.4, 0.5) is 0 Å². The number of nitrogens with two attached hydrogens (primary N) is 1. The molecular formula is C9H17NO6P+. The molecule has 0 bridgehead atoms. The minimum Gasteiger partial charge on any atom is -0.378 e. The molecule has 0 aromatic rings. The number of rotatable bonds is 4. The molecule has 1 aliphatic heterocycles. The van der Waals surface area contributed by atoms with Gasteiger partial charge in [-0.05, 0) is 11.0 Å². The fourth-order valence-corrected chi connectivity index (χ4v) is 2.03. The maximum absolute atomic E-state index is 11.6. The van der Waals surface area contributed by atoms with Gasteiger partial charge in [0, 0.05) is 14.2 Å². The van der Waals surface area contributed by atoms with E-state index in [1.807, 2.05) is 0 Å². The molecule has 17 heavy (non-hydrogen) atoms. The van der Waals surface area contributed by atoms with Gasteiger partial charge < -0.3 is 19.9 Å². The molecule has 0 aliphatic carbocycles. The minimum atomic E-state index is -2.03. The molecule has 5 atom stereocenters. The van der Waals surface area contributed by atoms with E-state index in [1.54, 1.807) is 0 Å². The largest absolute Gasteiger partial charge is 0.555 e. The summed E-state index contributed by atoms with van der Waals surface area (Å²) in [5.41, 5.74) is 5.78. The Labute approximate surface area is 100 Å². The molecule has 0 saturated carbocycles. The molecule has 7 nitrogen and oxygen atoms in total. The fourth-order valence-electron chi connectivity index (χ4n) is 1.67. The van der Waals surface area contributed by atoms with E-state index in [0.717, 1.165) is 0 Å². The van der Waals surface area contributed by atoms with Crippen LogP contribution in [0.3, 0.4) is 0 Å². The maximum atomic E-state index is 11.6. The van der Waals surface area contributed by atoms with E-state index >= 15 is 0 Å². The normalized spacial score (nSPS) is 34.2. The Hall–Kier alpha value is -0.590. The Morgan fingerprint density at radius 1 is 1.41 bits per heavy atom. The number of hydrogen-bond donors (Lipinski definition) is 1. The molecule has 98 valence electrons. The van der Waals surface area contributed by atoms with Crippen molar-refractivity contribution in [3.63, 3.8) is 0 Å². The van der Waals surface area contributed by atoms with E-state index in [9.17, 15) is 9.36 Å². The smallest absolute Gasteiger partial charge is 0.378 e. The first-order valence-corrected chi connectivity index (χ1v) is 6.71. The van der Waals surface area contributed by atoms with Gasteiger partial charge >= 0.3 is 14.0 Å². The van der Waals surface area contributed by atoms with E-state index in [4.69, 9.17) is 19.9 Å². The summed E-state index contributed by atoms with van der Waals surface area (Å²) in [5, 5.41) is 0. The third kappa shape index (κ3) is 3.69.